The molecule has 0 bridgehead atoms. The van der Waals surface area contributed by atoms with E-state index in [2.05, 4.69) is 11.9 Å². The molecule has 1 aliphatic heterocycles. The predicted molar refractivity (Wildman–Crippen MR) is 79.4 cm³/mol. The maximum absolute atomic E-state index is 5.83. The molecule has 2 unspecified atom stereocenters. The molecule has 1 fully saturated rings. The average Bonchev–Trinajstić information content (AvgIpc) is 2.41. The van der Waals surface area contributed by atoms with Gasteiger partial charge in [-0.25, -0.2) is 0 Å². The number of nitrogens with two attached hydrogens (primary N) is 1. The van der Waals surface area contributed by atoms with Crippen molar-refractivity contribution in [3.8, 4) is 5.75 Å². The molecule has 1 aromatic carbocycles. The van der Waals surface area contributed by atoms with Crippen LogP contribution in [0, 0.1) is 0 Å². The van der Waals surface area contributed by atoms with E-state index in [1.807, 2.05) is 31.2 Å². The first-order chi connectivity index (χ1) is 9.16. The highest BCUT2D eigenvalue weighted by atomic mass is 16.5. The van der Waals surface area contributed by atoms with E-state index in [4.69, 9.17) is 10.5 Å². The SMILES string of the molecule is CC(N)c1ccc(OCCC2CCCCN2C)cc1. The van der Waals surface area contributed by atoms with Gasteiger partial charge >= 0.3 is 0 Å². The molecule has 1 saturated heterocycles. The van der Waals surface area contributed by atoms with Gasteiger partial charge in [-0.2, -0.15) is 0 Å². The molecule has 1 aliphatic rings. The molecule has 106 valence electrons. The van der Waals surface area contributed by atoms with E-state index < -0.39 is 0 Å². The Labute approximate surface area is 116 Å². The minimum absolute atomic E-state index is 0.0879. The van der Waals surface area contributed by atoms with Gasteiger partial charge in [0.15, 0.2) is 0 Å². The quantitative estimate of drug-likeness (QED) is 0.886. The van der Waals surface area contributed by atoms with E-state index in [0.29, 0.717) is 6.04 Å². The van der Waals surface area contributed by atoms with Crippen LogP contribution >= 0.6 is 0 Å². The Morgan fingerprint density at radius 1 is 1.32 bits per heavy atom. The Bertz CT molecular complexity index is 375. The number of benzene rings is 1. The van der Waals surface area contributed by atoms with Crippen LogP contribution < -0.4 is 10.5 Å². The summed E-state index contributed by atoms with van der Waals surface area (Å²) in [5.41, 5.74) is 6.98. The van der Waals surface area contributed by atoms with Crippen molar-refractivity contribution in [3.63, 3.8) is 0 Å². The molecular weight excluding hydrogens is 236 g/mol. The molecule has 3 nitrogen and oxygen atoms in total. The number of nitrogens with zero attached hydrogens (tertiary/aromatic N) is 1. The van der Waals surface area contributed by atoms with Crippen LogP contribution in [0.4, 0.5) is 0 Å². The first-order valence-corrected chi connectivity index (χ1v) is 7.35. The topological polar surface area (TPSA) is 38.5 Å². The van der Waals surface area contributed by atoms with Crippen molar-refractivity contribution in [1.29, 1.82) is 0 Å². The zero-order chi connectivity index (χ0) is 13.7. The van der Waals surface area contributed by atoms with E-state index in [1.165, 1.54) is 25.8 Å². The van der Waals surface area contributed by atoms with Crippen LogP contribution in [0.5, 0.6) is 5.75 Å². The van der Waals surface area contributed by atoms with E-state index in [9.17, 15) is 0 Å². The standard InChI is InChI=1S/C16H26N2O/c1-13(17)14-6-8-16(9-7-14)19-12-10-15-5-3-4-11-18(15)2/h6-9,13,15H,3-5,10-12,17H2,1-2H3. The zero-order valence-corrected chi connectivity index (χ0v) is 12.1. The number of ether oxygens (including phenoxy) is 1. The molecule has 0 aromatic heterocycles. The van der Waals surface area contributed by atoms with Gasteiger partial charge in [-0.05, 0) is 57.5 Å². The van der Waals surface area contributed by atoms with Crippen LogP contribution in [0.15, 0.2) is 24.3 Å². The lowest BCUT2D eigenvalue weighted by Crippen LogP contribution is -2.37. The minimum Gasteiger partial charge on any atom is -0.494 e. The molecule has 0 saturated carbocycles. The fraction of sp³-hybridized carbons (Fsp3) is 0.625. The van der Waals surface area contributed by atoms with Crippen LogP contribution in [-0.2, 0) is 0 Å². The second-order valence-electron chi connectivity index (χ2n) is 5.63. The van der Waals surface area contributed by atoms with Crippen LogP contribution in [0.3, 0.4) is 0 Å². The maximum Gasteiger partial charge on any atom is 0.119 e. The number of likely N-dealkylation sites (tertiary alicyclic amines) is 1. The Hall–Kier alpha value is -1.06. The van der Waals surface area contributed by atoms with Gasteiger partial charge in [0.2, 0.25) is 0 Å². The summed E-state index contributed by atoms with van der Waals surface area (Å²) in [6, 6.07) is 8.91. The molecule has 2 N–H and O–H groups in total. The normalized spacial score (nSPS) is 22.2. The van der Waals surface area contributed by atoms with Gasteiger partial charge in [0.25, 0.3) is 0 Å². The van der Waals surface area contributed by atoms with Gasteiger partial charge in [0.05, 0.1) is 6.61 Å². The molecule has 0 aliphatic carbocycles. The first-order valence-electron chi connectivity index (χ1n) is 7.35. The van der Waals surface area contributed by atoms with Gasteiger partial charge in [-0.1, -0.05) is 18.6 Å². The number of rotatable bonds is 5. The zero-order valence-electron chi connectivity index (χ0n) is 12.1. The van der Waals surface area contributed by atoms with Crippen LogP contribution in [0.1, 0.15) is 44.2 Å². The molecule has 0 radical (unpaired) electrons. The van der Waals surface area contributed by atoms with Gasteiger partial charge in [0.1, 0.15) is 5.75 Å². The Balaban J connectivity index is 1.75. The molecule has 2 rings (SSSR count). The molecule has 1 heterocycles. The second-order valence-corrected chi connectivity index (χ2v) is 5.63. The fourth-order valence-electron chi connectivity index (χ4n) is 2.69. The van der Waals surface area contributed by atoms with Crippen LogP contribution in [-0.4, -0.2) is 31.1 Å². The lowest BCUT2D eigenvalue weighted by molar-refractivity contribution is 0.153. The number of hydrogen-bond donors (Lipinski definition) is 1. The summed E-state index contributed by atoms with van der Waals surface area (Å²) < 4.78 is 5.82. The largest absolute Gasteiger partial charge is 0.494 e. The third kappa shape index (κ3) is 4.22. The predicted octanol–water partition coefficient (Wildman–Crippen LogP) is 2.96. The Morgan fingerprint density at radius 2 is 2.05 bits per heavy atom. The highest BCUT2D eigenvalue weighted by Crippen LogP contribution is 2.19. The fourth-order valence-corrected chi connectivity index (χ4v) is 2.69. The second kappa shape index (κ2) is 6.92. The Morgan fingerprint density at radius 3 is 2.68 bits per heavy atom. The van der Waals surface area contributed by atoms with E-state index in [-0.39, 0.29) is 6.04 Å². The van der Waals surface area contributed by atoms with Crippen LogP contribution in [0.25, 0.3) is 0 Å². The minimum atomic E-state index is 0.0879. The van der Waals surface area contributed by atoms with Gasteiger partial charge in [0, 0.05) is 12.1 Å². The molecule has 2 atom stereocenters. The summed E-state index contributed by atoms with van der Waals surface area (Å²) in [6.45, 7) is 4.02. The Kier molecular flexibility index (Phi) is 5.23. The molecule has 3 heteroatoms. The summed E-state index contributed by atoms with van der Waals surface area (Å²) in [5.74, 6) is 0.947. The van der Waals surface area contributed by atoms with Crippen molar-refractivity contribution in [2.45, 2.75) is 44.7 Å². The van der Waals surface area contributed by atoms with Gasteiger partial charge in [-0.3, -0.25) is 0 Å². The molecule has 19 heavy (non-hydrogen) atoms. The van der Waals surface area contributed by atoms with E-state index >= 15 is 0 Å². The van der Waals surface area contributed by atoms with Crippen molar-refractivity contribution >= 4 is 0 Å². The average molecular weight is 262 g/mol. The summed E-state index contributed by atoms with van der Waals surface area (Å²) in [7, 11) is 2.22. The lowest BCUT2D eigenvalue weighted by Gasteiger charge is -2.32. The highest BCUT2D eigenvalue weighted by molar-refractivity contribution is 5.28. The molecule has 0 amide bonds. The first kappa shape index (κ1) is 14.4. The maximum atomic E-state index is 5.83. The summed E-state index contributed by atoms with van der Waals surface area (Å²) >= 11 is 0. The van der Waals surface area contributed by atoms with Crippen molar-refractivity contribution < 1.29 is 4.74 Å². The van der Waals surface area contributed by atoms with Crippen molar-refractivity contribution in [2.24, 2.45) is 5.73 Å². The van der Waals surface area contributed by atoms with Crippen molar-refractivity contribution in [3.05, 3.63) is 29.8 Å². The van der Waals surface area contributed by atoms with Crippen molar-refractivity contribution in [2.75, 3.05) is 20.2 Å². The highest BCUT2D eigenvalue weighted by Gasteiger charge is 2.18. The smallest absolute Gasteiger partial charge is 0.119 e. The third-order valence-electron chi connectivity index (χ3n) is 4.05. The third-order valence-corrected chi connectivity index (χ3v) is 4.05. The summed E-state index contributed by atoms with van der Waals surface area (Å²) in [4.78, 5) is 2.46. The van der Waals surface area contributed by atoms with Gasteiger partial charge < -0.3 is 15.4 Å². The number of piperidine rings is 1. The number of hydrogen-bond acceptors (Lipinski definition) is 3. The van der Waals surface area contributed by atoms with Crippen LogP contribution in [0.2, 0.25) is 0 Å². The molecule has 0 spiro atoms. The molecule has 1 aromatic rings. The summed E-state index contributed by atoms with van der Waals surface area (Å²) in [5, 5.41) is 0. The van der Waals surface area contributed by atoms with Gasteiger partial charge in [-0.15, -0.1) is 0 Å². The lowest BCUT2D eigenvalue weighted by atomic mass is 10.0. The van der Waals surface area contributed by atoms with Crippen molar-refractivity contribution in [1.82, 2.24) is 4.90 Å². The van der Waals surface area contributed by atoms with E-state index in [1.54, 1.807) is 0 Å². The monoisotopic (exact) mass is 262 g/mol. The molecular formula is C16H26N2O. The summed E-state index contributed by atoms with van der Waals surface area (Å²) in [6.07, 6.45) is 5.12. The van der Waals surface area contributed by atoms with E-state index in [0.717, 1.165) is 24.3 Å².